The molecule has 0 spiro atoms. The molecule has 3 rings (SSSR count). The summed E-state index contributed by atoms with van der Waals surface area (Å²) in [5.74, 6) is 0.537. The van der Waals surface area contributed by atoms with Gasteiger partial charge in [0.15, 0.2) is 0 Å². The van der Waals surface area contributed by atoms with Gasteiger partial charge in [0.05, 0.1) is 5.56 Å². The molecular formula is C18H18F3N. The first-order valence-corrected chi connectivity index (χ1v) is 7.52. The van der Waals surface area contributed by atoms with Crippen molar-refractivity contribution in [1.29, 1.82) is 0 Å². The largest absolute Gasteiger partial charge is 0.416 e. The van der Waals surface area contributed by atoms with E-state index in [9.17, 15) is 13.2 Å². The Kier molecular flexibility index (Phi) is 4.21. The minimum atomic E-state index is -4.28. The molecule has 0 aromatic heterocycles. The molecule has 0 amide bonds. The third-order valence-corrected chi connectivity index (χ3v) is 4.22. The lowest BCUT2D eigenvalue weighted by Crippen LogP contribution is -2.28. The minimum absolute atomic E-state index is 0.537. The van der Waals surface area contributed by atoms with Crippen LogP contribution in [0.25, 0.3) is 11.1 Å². The van der Waals surface area contributed by atoms with Gasteiger partial charge in [-0.15, -0.1) is 0 Å². The summed E-state index contributed by atoms with van der Waals surface area (Å²) in [5, 5.41) is 3.39. The van der Waals surface area contributed by atoms with Gasteiger partial charge >= 0.3 is 6.18 Å². The highest BCUT2D eigenvalue weighted by Crippen LogP contribution is 2.31. The van der Waals surface area contributed by atoms with Gasteiger partial charge in [0.25, 0.3) is 0 Å². The molecule has 0 aliphatic carbocycles. The van der Waals surface area contributed by atoms with E-state index in [4.69, 9.17) is 0 Å². The van der Waals surface area contributed by atoms with Gasteiger partial charge in [-0.05, 0) is 54.1 Å². The Morgan fingerprint density at radius 1 is 0.864 bits per heavy atom. The lowest BCUT2D eigenvalue weighted by molar-refractivity contribution is -0.137. The van der Waals surface area contributed by atoms with Crippen molar-refractivity contribution in [3.8, 4) is 11.1 Å². The zero-order chi connectivity index (χ0) is 15.6. The van der Waals surface area contributed by atoms with E-state index in [1.165, 1.54) is 30.5 Å². The highest BCUT2D eigenvalue weighted by Gasteiger charge is 2.29. The summed E-state index contributed by atoms with van der Waals surface area (Å²) in [7, 11) is 0. The maximum absolute atomic E-state index is 12.6. The zero-order valence-electron chi connectivity index (χ0n) is 12.2. The molecule has 116 valence electrons. The molecule has 1 saturated heterocycles. The number of hydrogen-bond donors (Lipinski definition) is 1. The third kappa shape index (κ3) is 3.33. The minimum Gasteiger partial charge on any atom is -0.316 e. The maximum Gasteiger partial charge on any atom is 0.416 e. The standard InChI is InChI=1S/C18H18F3N/c19-18(20,21)17-9-7-14(8-10-17)13-3-5-15(6-4-13)16-2-1-11-22-12-16/h3-10,16,22H,1-2,11-12H2. The Morgan fingerprint density at radius 3 is 1.95 bits per heavy atom. The molecule has 1 unspecified atom stereocenters. The van der Waals surface area contributed by atoms with Crippen LogP contribution in [0.3, 0.4) is 0 Å². The molecule has 1 atom stereocenters. The summed E-state index contributed by atoms with van der Waals surface area (Å²) in [6, 6.07) is 13.5. The molecule has 4 heteroatoms. The summed E-state index contributed by atoms with van der Waals surface area (Å²) in [5.41, 5.74) is 2.44. The molecule has 1 nitrogen and oxygen atoms in total. The van der Waals surface area contributed by atoms with Crippen LogP contribution in [0.15, 0.2) is 48.5 Å². The molecule has 22 heavy (non-hydrogen) atoms. The second-order valence-electron chi connectivity index (χ2n) is 5.74. The molecule has 2 aromatic rings. The number of halogens is 3. The fourth-order valence-electron chi connectivity index (χ4n) is 2.94. The first-order valence-electron chi connectivity index (χ1n) is 7.52. The second-order valence-corrected chi connectivity index (χ2v) is 5.74. The van der Waals surface area contributed by atoms with Gasteiger partial charge in [-0.2, -0.15) is 13.2 Å². The molecule has 1 aliphatic heterocycles. The average molecular weight is 305 g/mol. The van der Waals surface area contributed by atoms with E-state index in [0.29, 0.717) is 5.92 Å². The fraction of sp³-hybridized carbons (Fsp3) is 0.333. The molecule has 1 aliphatic rings. The Bertz CT molecular complexity index is 608. The van der Waals surface area contributed by atoms with Crippen LogP contribution in [0.5, 0.6) is 0 Å². The molecule has 2 aromatic carbocycles. The molecule has 0 saturated carbocycles. The van der Waals surface area contributed by atoms with Gasteiger partial charge in [-0.1, -0.05) is 36.4 Å². The maximum atomic E-state index is 12.6. The quantitative estimate of drug-likeness (QED) is 0.837. The van der Waals surface area contributed by atoms with Gasteiger partial charge in [0.1, 0.15) is 0 Å². The van der Waals surface area contributed by atoms with Crippen molar-refractivity contribution in [1.82, 2.24) is 5.32 Å². The molecule has 1 fully saturated rings. The van der Waals surface area contributed by atoms with E-state index >= 15 is 0 Å². The van der Waals surface area contributed by atoms with Crippen molar-refractivity contribution in [2.45, 2.75) is 24.9 Å². The molecule has 1 heterocycles. The fourth-order valence-corrected chi connectivity index (χ4v) is 2.94. The van der Waals surface area contributed by atoms with E-state index in [0.717, 1.165) is 36.3 Å². The van der Waals surface area contributed by atoms with Crippen LogP contribution < -0.4 is 5.32 Å². The second kappa shape index (κ2) is 6.13. The van der Waals surface area contributed by atoms with E-state index in [1.54, 1.807) is 0 Å². The lowest BCUT2D eigenvalue weighted by atomic mass is 9.90. The SMILES string of the molecule is FC(F)(F)c1ccc(-c2ccc(C3CCCNC3)cc2)cc1. The summed E-state index contributed by atoms with van der Waals surface area (Å²) in [6.07, 6.45) is -1.91. The van der Waals surface area contributed by atoms with Crippen molar-refractivity contribution < 1.29 is 13.2 Å². The summed E-state index contributed by atoms with van der Waals surface area (Å²) >= 11 is 0. The van der Waals surface area contributed by atoms with Gasteiger partial charge in [0.2, 0.25) is 0 Å². The van der Waals surface area contributed by atoms with Crippen LogP contribution >= 0.6 is 0 Å². The zero-order valence-corrected chi connectivity index (χ0v) is 12.2. The van der Waals surface area contributed by atoms with E-state index in [1.807, 2.05) is 12.1 Å². The smallest absolute Gasteiger partial charge is 0.316 e. The van der Waals surface area contributed by atoms with Crippen LogP contribution in [-0.4, -0.2) is 13.1 Å². The van der Waals surface area contributed by atoms with Crippen molar-refractivity contribution in [2.24, 2.45) is 0 Å². The van der Waals surface area contributed by atoms with Gasteiger partial charge in [-0.25, -0.2) is 0 Å². The van der Waals surface area contributed by atoms with Crippen LogP contribution in [0.2, 0.25) is 0 Å². The molecule has 1 N–H and O–H groups in total. The average Bonchev–Trinajstić information content (AvgIpc) is 2.55. The predicted octanol–water partition coefficient (Wildman–Crippen LogP) is 4.84. The van der Waals surface area contributed by atoms with Crippen LogP contribution in [0.4, 0.5) is 13.2 Å². The molecular weight excluding hydrogens is 287 g/mol. The number of rotatable bonds is 2. The highest BCUT2D eigenvalue weighted by molar-refractivity contribution is 5.64. The summed E-state index contributed by atoms with van der Waals surface area (Å²) < 4.78 is 37.7. The Labute approximate surface area is 128 Å². The van der Waals surface area contributed by atoms with Gasteiger partial charge < -0.3 is 5.32 Å². The summed E-state index contributed by atoms with van der Waals surface area (Å²) in [6.45, 7) is 2.08. The van der Waals surface area contributed by atoms with Crippen LogP contribution in [-0.2, 0) is 6.18 Å². The van der Waals surface area contributed by atoms with Crippen LogP contribution in [0, 0.1) is 0 Å². The lowest BCUT2D eigenvalue weighted by Gasteiger charge is -2.23. The van der Waals surface area contributed by atoms with Gasteiger partial charge in [-0.3, -0.25) is 0 Å². The van der Waals surface area contributed by atoms with Gasteiger partial charge in [0, 0.05) is 6.54 Å². The van der Waals surface area contributed by atoms with Crippen LogP contribution in [0.1, 0.15) is 29.9 Å². The number of piperidine rings is 1. The number of nitrogens with one attached hydrogen (secondary N) is 1. The Hall–Kier alpha value is -1.81. The predicted molar refractivity (Wildman–Crippen MR) is 81.7 cm³/mol. The first kappa shape index (κ1) is 15.1. The summed E-state index contributed by atoms with van der Waals surface area (Å²) in [4.78, 5) is 0. The van der Waals surface area contributed by atoms with E-state index in [2.05, 4.69) is 17.4 Å². The normalized spacial score (nSPS) is 19.1. The van der Waals surface area contributed by atoms with Crippen molar-refractivity contribution >= 4 is 0 Å². The molecule has 0 radical (unpaired) electrons. The number of alkyl halides is 3. The Morgan fingerprint density at radius 2 is 1.45 bits per heavy atom. The highest BCUT2D eigenvalue weighted by atomic mass is 19.4. The van der Waals surface area contributed by atoms with Crippen molar-refractivity contribution in [2.75, 3.05) is 13.1 Å². The van der Waals surface area contributed by atoms with E-state index in [-0.39, 0.29) is 0 Å². The third-order valence-electron chi connectivity index (χ3n) is 4.22. The monoisotopic (exact) mass is 305 g/mol. The molecule has 0 bridgehead atoms. The van der Waals surface area contributed by atoms with E-state index < -0.39 is 11.7 Å². The van der Waals surface area contributed by atoms with Crippen molar-refractivity contribution in [3.63, 3.8) is 0 Å². The first-order chi connectivity index (χ1) is 10.5. The Balaban J connectivity index is 1.77. The van der Waals surface area contributed by atoms with Crippen molar-refractivity contribution in [3.05, 3.63) is 59.7 Å². The number of hydrogen-bond acceptors (Lipinski definition) is 1. The number of benzene rings is 2. The topological polar surface area (TPSA) is 12.0 Å².